The highest BCUT2D eigenvalue weighted by Gasteiger charge is 2.48. The van der Waals surface area contributed by atoms with Crippen molar-refractivity contribution in [1.82, 2.24) is 5.43 Å². The molecule has 20 heavy (non-hydrogen) atoms. The van der Waals surface area contributed by atoms with Gasteiger partial charge in [0.05, 0.1) is 5.60 Å². The van der Waals surface area contributed by atoms with Gasteiger partial charge in [-0.15, -0.1) is 0 Å². The Morgan fingerprint density at radius 3 is 2.75 bits per heavy atom. The summed E-state index contributed by atoms with van der Waals surface area (Å²) in [5.74, 6) is 9.20. The zero-order valence-corrected chi connectivity index (χ0v) is 13.6. The largest absolute Gasteiger partial charge is 0.374 e. The van der Waals surface area contributed by atoms with Crippen LogP contribution in [0.15, 0.2) is 0 Å². The predicted molar refractivity (Wildman–Crippen MR) is 85.7 cm³/mol. The van der Waals surface area contributed by atoms with Crippen LogP contribution < -0.4 is 11.3 Å². The Hall–Kier alpha value is 0.230. The molecule has 4 heteroatoms. The van der Waals surface area contributed by atoms with Gasteiger partial charge in [0.2, 0.25) is 0 Å². The minimum Gasteiger partial charge on any atom is -0.374 e. The van der Waals surface area contributed by atoms with Crippen molar-refractivity contribution in [2.45, 2.75) is 69.9 Å². The lowest BCUT2D eigenvalue weighted by atomic mass is 9.67. The van der Waals surface area contributed by atoms with E-state index in [4.69, 9.17) is 10.6 Å². The van der Waals surface area contributed by atoms with Gasteiger partial charge in [-0.3, -0.25) is 11.3 Å². The third kappa shape index (κ3) is 2.65. The molecule has 3 unspecified atom stereocenters. The van der Waals surface area contributed by atoms with Crippen molar-refractivity contribution < 1.29 is 4.74 Å². The summed E-state index contributed by atoms with van der Waals surface area (Å²) in [5, 5.41) is 0. The van der Waals surface area contributed by atoms with E-state index in [2.05, 4.69) is 24.1 Å². The molecule has 0 radical (unpaired) electrons. The minimum atomic E-state index is 0.177. The highest BCUT2D eigenvalue weighted by Crippen LogP contribution is 2.50. The number of thioether (sulfide) groups is 1. The van der Waals surface area contributed by atoms with Crippen molar-refractivity contribution in [3.63, 3.8) is 0 Å². The van der Waals surface area contributed by atoms with Crippen LogP contribution in [0, 0.1) is 11.3 Å². The smallest absolute Gasteiger partial charge is 0.0783 e. The predicted octanol–water partition coefficient (Wildman–Crippen LogP) is 3.09. The maximum absolute atomic E-state index is 6.19. The number of hydrogen-bond donors (Lipinski definition) is 2. The molecule has 2 heterocycles. The summed E-state index contributed by atoms with van der Waals surface area (Å²) in [6, 6.07) is 0.487. The molecular weight excluding hydrogens is 268 g/mol. The van der Waals surface area contributed by atoms with Gasteiger partial charge in [-0.05, 0) is 55.6 Å². The number of nitrogens with two attached hydrogens (primary N) is 1. The highest BCUT2D eigenvalue weighted by atomic mass is 32.2. The molecule has 1 spiro atoms. The van der Waals surface area contributed by atoms with E-state index in [0.29, 0.717) is 17.4 Å². The SMILES string of the molecule is CCC1(C(NN)C2CCOC3(CCSC3)C2)CCCC1. The normalized spacial score (nSPS) is 38.4. The molecule has 0 aromatic heterocycles. The Bertz CT molecular complexity index is 324. The second kappa shape index (κ2) is 6.15. The van der Waals surface area contributed by atoms with Crippen LogP contribution in [-0.4, -0.2) is 29.8 Å². The van der Waals surface area contributed by atoms with Crippen LogP contribution >= 0.6 is 11.8 Å². The van der Waals surface area contributed by atoms with Crippen LogP contribution in [0.5, 0.6) is 0 Å². The quantitative estimate of drug-likeness (QED) is 0.618. The Balaban J connectivity index is 1.75. The van der Waals surface area contributed by atoms with Crippen LogP contribution in [-0.2, 0) is 4.74 Å². The first-order valence-corrected chi connectivity index (χ1v) is 9.57. The molecular formula is C16H30N2OS. The van der Waals surface area contributed by atoms with Crippen LogP contribution in [0.25, 0.3) is 0 Å². The van der Waals surface area contributed by atoms with E-state index in [0.717, 1.165) is 6.61 Å². The molecule has 3 aliphatic rings. The molecule has 3 atom stereocenters. The molecule has 3 fully saturated rings. The van der Waals surface area contributed by atoms with E-state index < -0.39 is 0 Å². The summed E-state index contributed by atoms with van der Waals surface area (Å²) in [4.78, 5) is 0. The van der Waals surface area contributed by atoms with E-state index in [1.807, 2.05) is 0 Å². The van der Waals surface area contributed by atoms with Crippen LogP contribution in [0.2, 0.25) is 0 Å². The first-order chi connectivity index (χ1) is 9.74. The maximum atomic E-state index is 6.19. The van der Waals surface area contributed by atoms with Gasteiger partial charge < -0.3 is 4.74 Å². The standard InChI is InChI=1S/C16H30N2OS/c1-2-15(6-3-4-7-15)14(18-17)13-5-9-19-16(11-13)8-10-20-12-16/h13-14,18H,2-12,17H2,1H3. The topological polar surface area (TPSA) is 47.3 Å². The average molecular weight is 298 g/mol. The molecule has 1 saturated carbocycles. The number of rotatable bonds is 4. The second-order valence-corrected chi connectivity index (χ2v) is 8.26. The Labute approximate surface area is 127 Å². The lowest BCUT2D eigenvalue weighted by Gasteiger charge is -2.47. The van der Waals surface area contributed by atoms with Crippen LogP contribution in [0.3, 0.4) is 0 Å². The van der Waals surface area contributed by atoms with Crippen LogP contribution in [0.1, 0.15) is 58.3 Å². The molecule has 3 rings (SSSR count). The third-order valence-corrected chi connectivity index (χ3v) is 7.44. The van der Waals surface area contributed by atoms with Gasteiger partial charge in [-0.2, -0.15) is 11.8 Å². The summed E-state index contributed by atoms with van der Waals surface area (Å²) in [7, 11) is 0. The number of hydrogen-bond acceptors (Lipinski definition) is 4. The van der Waals surface area contributed by atoms with E-state index in [1.165, 1.54) is 62.9 Å². The zero-order valence-electron chi connectivity index (χ0n) is 12.8. The van der Waals surface area contributed by atoms with Gasteiger partial charge in [0, 0.05) is 18.4 Å². The summed E-state index contributed by atoms with van der Waals surface area (Å²) < 4.78 is 6.19. The second-order valence-electron chi connectivity index (χ2n) is 7.15. The fourth-order valence-corrected chi connectivity index (χ4v) is 6.37. The maximum Gasteiger partial charge on any atom is 0.0783 e. The molecule has 0 amide bonds. The van der Waals surface area contributed by atoms with Crippen molar-refractivity contribution in [2.75, 3.05) is 18.1 Å². The highest BCUT2D eigenvalue weighted by molar-refractivity contribution is 7.99. The number of nitrogens with one attached hydrogen (secondary N) is 1. The van der Waals surface area contributed by atoms with Gasteiger partial charge in [-0.25, -0.2) is 0 Å². The van der Waals surface area contributed by atoms with Crippen molar-refractivity contribution in [2.24, 2.45) is 17.2 Å². The fraction of sp³-hybridized carbons (Fsp3) is 1.00. The Kier molecular flexibility index (Phi) is 4.66. The Morgan fingerprint density at radius 1 is 1.35 bits per heavy atom. The third-order valence-electron chi connectivity index (χ3n) is 6.21. The summed E-state index contributed by atoms with van der Waals surface area (Å²) in [6.07, 6.45) is 10.4. The van der Waals surface area contributed by atoms with Crippen molar-refractivity contribution in [3.8, 4) is 0 Å². The van der Waals surface area contributed by atoms with E-state index in [9.17, 15) is 0 Å². The van der Waals surface area contributed by atoms with Gasteiger partial charge in [-0.1, -0.05) is 19.8 Å². The lowest BCUT2D eigenvalue weighted by Crippen LogP contribution is -2.55. The van der Waals surface area contributed by atoms with Crippen molar-refractivity contribution in [3.05, 3.63) is 0 Å². The monoisotopic (exact) mass is 298 g/mol. The average Bonchev–Trinajstić information content (AvgIpc) is 3.11. The molecule has 2 saturated heterocycles. The zero-order chi connectivity index (χ0) is 14.1. The Morgan fingerprint density at radius 2 is 2.15 bits per heavy atom. The number of ether oxygens (including phenoxy) is 1. The molecule has 3 N–H and O–H groups in total. The van der Waals surface area contributed by atoms with E-state index in [-0.39, 0.29) is 5.60 Å². The summed E-state index contributed by atoms with van der Waals surface area (Å²) in [5.41, 5.74) is 3.87. The molecule has 0 aromatic carbocycles. The van der Waals surface area contributed by atoms with Gasteiger partial charge >= 0.3 is 0 Å². The van der Waals surface area contributed by atoms with Gasteiger partial charge in [0.15, 0.2) is 0 Å². The lowest BCUT2D eigenvalue weighted by molar-refractivity contribution is -0.0943. The minimum absolute atomic E-state index is 0.177. The van der Waals surface area contributed by atoms with Crippen molar-refractivity contribution in [1.29, 1.82) is 0 Å². The summed E-state index contributed by atoms with van der Waals surface area (Å²) >= 11 is 2.06. The molecule has 116 valence electrons. The molecule has 2 aliphatic heterocycles. The van der Waals surface area contributed by atoms with Crippen molar-refractivity contribution >= 4 is 11.8 Å². The summed E-state index contributed by atoms with van der Waals surface area (Å²) in [6.45, 7) is 3.29. The molecule has 3 nitrogen and oxygen atoms in total. The first kappa shape index (κ1) is 15.1. The number of hydrazine groups is 1. The fourth-order valence-electron chi connectivity index (χ4n) is 4.99. The van der Waals surface area contributed by atoms with E-state index in [1.54, 1.807) is 0 Å². The molecule has 1 aliphatic carbocycles. The van der Waals surface area contributed by atoms with Gasteiger partial charge in [0.25, 0.3) is 0 Å². The molecule has 0 aromatic rings. The first-order valence-electron chi connectivity index (χ1n) is 8.41. The molecule has 0 bridgehead atoms. The van der Waals surface area contributed by atoms with Gasteiger partial charge in [0.1, 0.15) is 0 Å². The van der Waals surface area contributed by atoms with Crippen LogP contribution in [0.4, 0.5) is 0 Å². The van der Waals surface area contributed by atoms with E-state index >= 15 is 0 Å².